The summed E-state index contributed by atoms with van der Waals surface area (Å²) in [6, 6.07) is 0. The lowest BCUT2D eigenvalue weighted by Gasteiger charge is -2.10. The Labute approximate surface area is 93.3 Å². The molecule has 0 aromatic carbocycles. The number of hydrogen-bond acceptors (Lipinski definition) is 4. The summed E-state index contributed by atoms with van der Waals surface area (Å²) in [6.07, 6.45) is 3.31. The summed E-state index contributed by atoms with van der Waals surface area (Å²) in [7, 11) is 0. The Bertz CT molecular complexity index is 266. The molecule has 0 unspecified atom stereocenters. The van der Waals surface area contributed by atoms with Gasteiger partial charge in [0.15, 0.2) is 0 Å². The van der Waals surface area contributed by atoms with Gasteiger partial charge in [-0.15, -0.1) is 11.8 Å². The van der Waals surface area contributed by atoms with Gasteiger partial charge in [-0.1, -0.05) is 12.2 Å². The van der Waals surface area contributed by atoms with E-state index in [1.165, 1.54) is 11.8 Å². The lowest BCUT2D eigenvalue weighted by Crippen LogP contribution is -2.15. The molecule has 0 heterocycles. The van der Waals surface area contributed by atoms with E-state index in [9.17, 15) is 4.79 Å². The lowest BCUT2D eigenvalue weighted by molar-refractivity contribution is -0.117. The summed E-state index contributed by atoms with van der Waals surface area (Å²) in [5.41, 5.74) is 5.77. The number of carbonyl (C=O) groups is 1. The molecular formula is C9H14N2OS2. The van der Waals surface area contributed by atoms with Gasteiger partial charge in [0.25, 0.3) is 0 Å². The van der Waals surface area contributed by atoms with Crippen molar-refractivity contribution >= 4 is 39.8 Å². The molecule has 0 aliphatic heterocycles. The molecular weight excluding hydrogens is 216 g/mol. The quantitative estimate of drug-likeness (QED) is 0.723. The molecule has 1 aliphatic carbocycles. The normalized spacial score (nSPS) is 21.1. The molecule has 1 amide bonds. The number of rotatable bonds is 4. The number of carbonyl (C=O) groups excluding carboxylic acids is 1. The van der Waals surface area contributed by atoms with Crippen molar-refractivity contribution in [3.63, 3.8) is 0 Å². The highest BCUT2D eigenvalue weighted by Crippen LogP contribution is 2.28. The van der Waals surface area contributed by atoms with Crippen LogP contribution in [0.3, 0.4) is 0 Å². The van der Waals surface area contributed by atoms with Gasteiger partial charge in [-0.05, 0) is 19.3 Å². The summed E-state index contributed by atoms with van der Waals surface area (Å²) in [6.45, 7) is 0. The van der Waals surface area contributed by atoms with Crippen LogP contribution in [0.5, 0.6) is 0 Å². The Morgan fingerprint density at radius 3 is 2.93 bits per heavy atom. The van der Waals surface area contributed by atoms with E-state index in [-0.39, 0.29) is 11.8 Å². The van der Waals surface area contributed by atoms with E-state index in [2.05, 4.69) is 0 Å². The maximum absolute atomic E-state index is 10.5. The van der Waals surface area contributed by atoms with Crippen molar-refractivity contribution in [3.05, 3.63) is 0 Å². The van der Waals surface area contributed by atoms with E-state index in [0.717, 1.165) is 29.2 Å². The molecule has 0 spiro atoms. The Kier molecular flexibility index (Phi) is 4.54. The van der Waals surface area contributed by atoms with Gasteiger partial charge in [0.1, 0.15) is 0 Å². The monoisotopic (exact) mass is 230 g/mol. The molecule has 78 valence electrons. The molecule has 5 heteroatoms. The van der Waals surface area contributed by atoms with Crippen LogP contribution in [0.1, 0.15) is 25.7 Å². The first-order chi connectivity index (χ1) is 6.61. The lowest BCUT2D eigenvalue weighted by atomic mass is 10.1. The van der Waals surface area contributed by atoms with Crippen molar-refractivity contribution in [2.75, 3.05) is 5.75 Å². The van der Waals surface area contributed by atoms with Crippen molar-refractivity contribution in [2.24, 2.45) is 11.7 Å². The summed E-state index contributed by atoms with van der Waals surface area (Å²) in [5.74, 6) is 0.530. The molecule has 0 aromatic heterocycles. The highest BCUT2D eigenvalue weighted by atomic mass is 32.2. The van der Waals surface area contributed by atoms with Crippen LogP contribution in [0.2, 0.25) is 0 Å². The van der Waals surface area contributed by atoms with Crippen molar-refractivity contribution in [2.45, 2.75) is 25.7 Å². The predicted octanol–water partition coefficient (Wildman–Crippen LogP) is 1.74. The van der Waals surface area contributed by atoms with Crippen LogP contribution < -0.4 is 5.73 Å². The van der Waals surface area contributed by atoms with Crippen LogP contribution in [-0.4, -0.2) is 21.6 Å². The van der Waals surface area contributed by atoms with Crippen LogP contribution in [0.4, 0.5) is 0 Å². The SMILES string of the molecule is N=C1CCC[C@H]1C(=S)SCCC(N)=O. The van der Waals surface area contributed by atoms with E-state index in [1.807, 2.05) is 0 Å². The van der Waals surface area contributed by atoms with Crippen LogP contribution in [0.25, 0.3) is 0 Å². The molecule has 0 radical (unpaired) electrons. The van der Waals surface area contributed by atoms with Gasteiger partial charge in [-0.25, -0.2) is 0 Å². The third kappa shape index (κ3) is 3.38. The molecule has 0 bridgehead atoms. The topological polar surface area (TPSA) is 66.9 Å². The van der Waals surface area contributed by atoms with Crippen LogP contribution in [-0.2, 0) is 4.79 Å². The van der Waals surface area contributed by atoms with Gasteiger partial charge < -0.3 is 11.1 Å². The predicted molar refractivity (Wildman–Crippen MR) is 63.9 cm³/mol. The minimum Gasteiger partial charge on any atom is -0.370 e. The smallest absolute Gasteiger partial charge is 0.218 e. The third-order valence-electron chi connectivity index (χ3n) is 2.24. The van der Waals surface area contributed by atoms with Gasteiger partial charge in [0.05, 0.1) is 4.20 Å². The van der Waals surface area contributed by atoms with Gasteiger partial charge in [0, 0.05) is 23.8 Å². The zero-order chi connectivity index (χ0) is 10.6. The second kappa shape index (κ2) is 5.46. The third-order valence-corrected chi connectivity index (χ3v) is 3.85. The largest absolute Gasteiger partial charge is 0.370 e. The molecule has 1 fully saturated rings. The summed E-state index contributed by atoms with van der Waals surface area (Å²) in [4.78, 5) is 10.5. The first-order valence-electron chi connectivity index (χ1n) is 4.63. The van der Waals surface area contributed by atoms with Gasteiger partial charge >= 0.3 is 0 Å². The fraction of sp³-hybridized carbons (Fsp3) is 0.667. The van der Waals surface area contributed by atoms with E-state index in [1.54, 1.807) is 0 Å². The zero-order valence-electron chi connectivity index (χ0n) is 7.91. The Balaban J connectivity index is 2.27. The number of thioether (sulfide) groups is 1. The number of thiocarbonyl (C=S) groups is 1. The number of nitrogens with two attached hydrogens (primary N) is 1. The number of primary amides is 1. The molecule has 3 N–H and O–H groups in total. The maximum atomic E-state index is 10.5. The Hall–Kier alpha value is -0.420. The standard InChI is InChI=1S/C9H14N2OS2/c10-7-3-1-2-6(7)9(13)14-5-4-8(11)12/h6,10H,1-5H2,(H2,11,12)/t6-/m1/s1. The van der Waals surface area contributed by atoms with Gasteiger partial charge in [-0.2, -0.15) is 0 Å². The van der Waals surface area contributed by atoms with Gasteiger partial charge in [0.2, 0.25) is 5.91 Å². The van der Waals surface area contributed by atoms with Crippen molar-refractivity contribution in [3.8, 4) is 0 Å². The Morgan fingerprint density at radius 1 is 1.71 bits per heavy atom. The molecule has 14 heavy (non-hydrogen) atoms. The van der Waals surface area contributed by atoms with Gasteiger partial charge in [-0.3, -0.25) is 4.79 Å². The average Bonchev–Trinajstić information content (AvgIpc) is 2.50. The summed E-state index contributed by atoms with van der Waals surface area (Å²) in [5, 5.41) is 7.66. The van der Waals surface area contributed by atoms with Crippen molar-refractivity contribution < 1.29 is 4.79 Å². The van der Waals surface area contributed by atoms with Crippen molar-refractivity contribution in [1.82, 2.24) is 0 Å². The first kappa shape index (κ1) is 11.7. The van der Waals surface area contributed by atoms with E-state index >= 15 is 0 Å². The Morgan fingerprint density at radius 2 is 2.43 bits per heavy atom. The molecule has 1 rings (SSSR count). The average molecular weight is 230 g/mol. The molecule has 1 saturated carbocycles. The molecule has 1 atom stereocenters. The second-order valence-electron chi connectivity index (χ2n) is 3.35. The van der Waals surface area contributed by atoms with E-state index < -0.39 is 0 Å². The zero-order valence-corrected chi connectivity index (χ0v) is 9.55. The van der Waals surface area contributed by atoms with Crippen LogP contribution in [0.15, 0.2) is 0 Å². The molecule has 0 aromatic rings. The number of amides is 1. The number of nitrogens with one attached hydrogen (secondary N) is 1. The minimum atomic E-state index is -0.290. The van der Waals surface area contributed by atoms with E-state index in [4.69, 9.17) is 23.4 Å². The molecule has 0 saturated heterocycles. The fourth-order valence-corrected chi connectivity index (χ4v) is 2.93. The van der Waals surface area contributed by atoms with Crippen LogP contribution in [0, 0.1) is 11.3 Å². The van der Waals surface area contributed by atoms with E-state index in [0.29, 0.717) is 12.2 Å². The second-order valence-corrected chi connectivity index (χ2v) is 5.19. The maximum Gasteiger partial charge on any atom is 0.218 e. The fourth-order valence-electron chi connectivity index (χ4n) is 1.46. The first-order valence-corrected chi connectivity index (χ1v) is 6.03. The highest BCUT2D eigenvalue weighted by Gasteiger charge is 2.24. The highest BCUT2D eigenvalue weighted by molar-refractivity contribution is 8.23. The van der Waals surface area contributed by atoms with Crippen molar-refractivity contribution in [1.29, 1.82) is 5.41 Å². The molecule has 1 aliphatic rings. The van der Waals surface area contributed by atoms with Crippen LogP contribution >= 0.6 is 24.0 Å². The summed E-state index contributed by atoms with van der Waals surface area (Å²) >= 11 is 6.71. The summed E-state index contributed by atoms with van der Waals surface area (Å²) < 4.78 is 0.855. The molecule has 3 nitrogen and oxygen atoms in total. The number of hydrogen-bond donors (Lipinski definition) is 2. The minimum absolute atomic E-state index is 0.169.